The Morgan fingerprint density at radius 1 is 1.38 bits per heavy atom. The highest BCUT2D eigenvalue weighted by Crippen LogP contribution is 2.29. The molecular weight excluding hydrogens is 221 g/mol. The monoisotopic (exact) mass is 238 g/mol. The highest BCUT2D eigenvalue weighted by Gasteiger charge is 2.34. The maximum atomic E-state index is 12.0. The van der Waals surface area contributed by atoms with Crippen LogP contribution in [0.3, 0.4) is 0 Å². The Hall–Kier alpha value is -0.780. The van der Waals surface area contributed by atoms with E-state index in [2.05, 4.69) is 0 Å². The molecule has 0 aromatic rings. The van der Waals surface area contributed by atoms with Crippen LogP contribution in [0, 0.1) is 0 Å². The summed E-state index contributed by atoms with van der Waals surface area (Å²) in [6.45, 7) is 0.938. The Morgan fingerprint density at radius 2 is 2.00 bits per heavy atom. The largest absolute Gasteiger partial charge is 0.389 e. The van der Waals surface area contributed by atoms with Gasteiger partial charge in [-0.3, -0.25) is 4.79 Å². The Bertz CT molecular complexity index is 239. The molecule has 0 heterocycles. The molecule has 16 heavy (non-hydrogen) atoms. The van der Waals surface area contributed by atoms with Crippen molar-refractivity contribution in [3.63, 3.8) is 0 Å². The van der Waals surface area contributed by atoms with E-state index >= 15 is 0 Å². The number of nitrogens with zero attached hydrogens (tertiary/aromatic N) is 1. The standard InChI is InChI=1S/C10H17F3N2O/c11-10(12,13)5-4-9(16)15(7-1-6-14)8-2-3-8/h8H,1-7,14H2. The first-order chi connectivity index (χ1) is 7.44. The average Bonchev–Trinajstić information content (AvgIpc) is 2.98. The summed E-state index contributed by atoms with van der Waals surface area (Å²) in [7, 11) is 0. The zero-order valence-electron chi connectivity index (χ0n) is 9.09. The predicted molar refractivity (Wildman–Crippen MR) is 53.7 cm³/mol. The van der Waals surface area contributed by atoms with Gasteiger partial charge in [0.25, 0.3) is 0 Å². The summed E-state index contributed by atoms with van der Waals surface area (Å²) < 4.78 is 35.9. The number of amides is 1. The van der Waals surface area contributed by atoms with Gasteiger partial charge in [0.05, 0.1) is 6.42 Å². The molecular formula is C10H17F3N2O. The molecule has 1 fully saturated rings. The van der Waals surface area contributed by atoms with E-state index < -0.39 is 24.9 Å². The summed E-state index contributed by atoms with van der Waals surface area (Å²) >= 11 is 0. The maximum absolute atomic E-state index is 12.0. The fraction of sp³-hybridized carbons (Fsp3) is 0.900. The first-order valence-corrected chi connectivity index (χ1v) is 5.50. The van der Waals surface area contributed by atoms with Crippen molar-refractivity contribution < 1.29 is 18.0 Å². The van der Waals surface area contributed by atoms with Crippen molar-refractivity contribution in [2.24, 2.45) is 5.73 Å². The molecule has 1 rings (SSSR count). The number of rotatable bonds is 6. The van der Waals surface area contributed by atoms with Gasteiger partial charge < -0.3 is 10.6 Å². The second kappa shape index (κ2) is 5.52. The van der Waals surface area contributed by atoms with E-state index in [4.69, 9.17) is 5.73 Å². The summed E-state index contributed by atoms with van der Waals surface area (Å²) in [5.74, 6) is -0.395. The molecule has 0 aromatic carbocycles. The number of carbonyl (C=O) groups is 1. The third kappa shape index (κ3) is 4.83. The minimum Gasteiger partial charge on any atom is -0.340 e. The van der Waals surface area contributed by atoms with Gasteiger partial charge in [0, 0.05) is 19.0 Å². The molecule has 3 nitrogen and oxygen atoms in total. The molecule has 1 amide bonds. The van der Waals surface area contributed by atoms with Crippen LogP contribution >= 0.6 is 0 Å². The van der Waals surface area contributed by atoms with Gasteiger partial charge >= 0.3 is 6.18 Å². The number of halogens is 3. The predicted octanol–water partition coefficient (Wildman–Crippen LogP) is 1.67. The van der Waals surface area contributed by atoms with Crippen LogP contribution in [0.15, 0.2) is 0 Å². The molecule has 0 aromatic heterocycles. The van der Waals surface area contributed by atoms with Gasteiger partial charge in [-0.25, -0.2) is 0 Å². The summed E-state index contributed by atoms with van der Waals surface area (Å²) in [6, 6.07) is 0.160. The quantitative estimate of drug-likeness (QED) is 0.765. The highest BCUT2D eigenvalue weighted by molar-refractivity contribution is 5.76. The van der Waals surface area contributed by atoms with Crippen molar-refractivity contribution >= 4 is 5.91 Å². The van der Waals surface area contributed by atoms with Crippen LogP contribution in [-0.4, -0.2) is 36.1 Å². The Kier molecular flexibility index (Phi) is 4.58. The molecule has 2 N–H and O–H groups in total. The lowest BCUT2D eigenvalue weighted by atomic mass is 10.2. The van der Waals surface area contributed by atoms with Crippen LogP contribution in [0.25, 0.3) is 0 Å². The van der Waals surface area contributed by atoms with Crippen LogP contribution in [0.5, 0.6) is 0 Å². The third-order valence-electron chi connectivity index (χ3n) is 2.53. The lowest BCUT2D eigenvalue weighted by Gasteiger charge is -2.22. The van der Waals surface area contributed by atoms with Gasteiger partial charge in [0.1, 0.15) is 0 Å². The molecule has 1 aliphatic carbocycles. The van der Waals surface area contributed by atoms with Crippen LogP contribution in [0.2, 0.25) is 0 Å². The van der Waals surface area contributed by atoms with Crippen LogP contribution in [0.1, 0.15) is 32.1 Å². The Balaban J connectivity index is 2.35. The first kappa shape index (κ1) is 13.3. The SMILES string of the molecule is NCCCN(C(=O)CCC(F)(F)F)C1CC1. The van der Waals surface area contributed by atoms with E-state index in [0.717, 1.165) is 12.8 Å². The topological polar surface area (TPSA) is 46.3 Å². The second-order valence-corrected chi connectivity index (χ2v) is 4.08. The number of nitrogens with two attached hydrogens (primary N) is 1. The lowest BCUT2D eigenvalue weighted by molar-refractivity contribution is -0.149. The van der Waals surface area contributed by atoms with Crippen molar-refractivity contribution in [2.75, 3.05) is 13.1 Å². The molecule has 6 heteroatoms. The van der Waals surface area contributed by atoms with E-state index in [9.17, 15) is 18.0 Å². The Labute approximate surface area is 92.8 Å². The molecule has 1 aliphatic rings. The maximum Gasteiger partial charge on any atom is 0.389 e. The fourth-order valence-corrected chi connectivity index (χ4v) is 1.55. The van der Waals surface area contributed by atoms with Crippen molar-refractivity contribution in [3.05, 3.63) is 0 Å². The summed E-state index contributed by atoms with van der Waals surface area (Å²) in [5.41, 5.74) is 5.32. The normalized spacial score (nSPS) is 16.2. The van der Waals surface area contributed by atoms with Gasteiger partial charge in [-0.1, -0.05) is 0 Å². The van der Waals surface area contributed by atoms with Crippen molar-refractivity contribution in [1.29, 1.82) is 0 Å². The number of hydrogen-bond acceptors (Lipinski definition) is 2. The van der Waals surface area contributed by atoms with Gasteiger partial charge in [-0.15, -0.1) is 0 Å². The molecule has 0 unspecified atom stereocenters. The van der Waals surface area contributed by atoms with E-state index in [-0.39, 0.29) is 6.04 Å². The Morgan fingerprint density at radius 3 is 2.44 bits per heavy atom. The molecule has 0 aliphatic heterocycles. The van der Waals surface area contributed by atoms with Gasteiger partial charge in [0.15, 0.2) is 0 Å². The minimum absolute atomic E-state index is 0.160. The summed E-state index contributed by atoms with van der Waals surface area (Å²) in [4.78, 5) is 13.1. The van der Waals surface area contributed by atoms with E-state index in [1.807, 2.05) is 0 Å². The molecule has 94 valence electrons. The lowest BCUT2D eigenvalue weighted by Crippen LogP contribution is -2.35. The molecule has 0 radical (unpaired) electrons. The smallest absolute Gasteiger partial charge is 0.340 e. The molecule has 0 spiro atoms. The van der Waals surface area contributed by atoms with E-state index in [1.54, 1.807) is 4.90 Å². The number of hydrogen-bond donors (Lipinski definition) is 1. The first-order valence-electron chi connectivity index (χ1n) is 5.50. The van der Waals surface area contributed by atoms with Gasteiger partial charge in [0.2, 0.25) is 5.91 Å². The average molecular weight is 238 g/mol. The fourth-order valence-electron chi connectivity index (χ4n) is 1.55. The second-order valence-electron chi connectivity index (χ2n) is 4.08. The zero-order valence-corrected chi connectivity index (χ0v) is 9.09. The van der Waals surface area contributed by atoms with E-state index in [0.29, 0.717) is 19.5 Å². The highest BCUT2D eigenvalue weighted by atomic mass is 19.4. The van der Waals surface area contributed by atoms with Crippen LogP contribution in [0.4, 0.5) is 13.2 Å². The molecule has 0 saturated heterocycles. The van der Waals surface area contributed by atoms with Crippen molar-refractivity contribution in [2.45, 2.75) is 44.3 Å². The van der Waals surface area contributed by atoms with Crippen LogP contribution < -0.4 is 5.73 Å². The molecule has 0 bridgehead atoms. The molecule has 1 saturated carbocycles. The number of alkyl halides is 3. The minimum atomic E-state index is -4.25. The number of carbonyl (C=O) groups excluding carboxylic acids is 1. The van der Waals surface area contributed by atoms with Gasteiger partial charge in [-0.2, -0.15) is 13.2 Å². The van der Waals surface area contributed by atoms with Crippen LogP contribution in [-0.2, 0) is 4.79 Å². The van der Waals surface area contributed by atoms with Crippen molar-refractivity contribution in [1.82, 2.24) is 4.90 Å². The third-order valence-corrected chi connectivity index (χ3v) is 2.53. The molecule has 0 atom stereocenters. The van der Waals surface area contributed by atoms with Crippen molar-refractivity contribution in [3.8, 4) is 0 Å². The zero-order chi connectivity index (χ0) is 12.2. The van der Waals surface area contributed by atoms with Gasteiger partial charge in [-0.05, 0) is 25.8 Å². The summed E-state index contributed by atoms with van der Waals surface area (Å²) in [6.07, 6.45) is -3.26. The van der Waals surface area contributed by atoms with E-state index in [1.165, 1.54) is 0 Å². The summed E-state index contributed by atoms with van der Waals surface area (Å²) in [5, 5.41) is 0.